The number of benzene rings is 1. The number of nitrogens with one attached hydrogen (secondary N) is 1. The van der Waals surface area contributed by atoms with Crippen molar-refractivity contribution in [1.29, 1.82) is 0 Å². The van der Waals surface area contributed by atoms with Crippen molar-refractivity contribution in [3.05, 3.63) is 51.4 Å². The molecule has 0 aliphatic rings. The maximum atomic E-state index is 12.5. The number of methoxy groups -OCH3 is 1. The normalized spacial score (nSPS) is 10.6. The second-order valence-electron chi connectivity index (χ2n) is 5.85. The first kappa shape index (κ1) is 21.5. The van der Waals surface area contributed by atoms with Crippen molar-refractivity contribution >= 4 is 46.8 Å². The molecule has 3 aromatic rings. The zero-order valence-electron chi connectivity index (χ0n) is 16.2. The molecule has 0 aliphatic carbocycles. The third-order valence-electron chi connectivity index (χ3n) is 3.92. The summed E-state index contributed by atoms with van der Waals surface area (Å²) in [5.74, 6) is -1.07. The Hall–Kier alpha value is -3.17. The maximum Gasteiger partial charge on any atom is 0.345 e. The van der Waals surface area contributed by atoms with E-state index in [0.717, 1.165) is 0 Å². The molecule has 30 heavy (non-hydrogen) atoms. The highest BCUT2D eigenvalue weighted by Crippen LogP contribution is 2.39. The smallest absolute Gasteiger partial charge is 0.345 e. The van der Waals surface area contributed by atoms with Crippen LogP contribution in [0.25, 0.3) is 11.3 Å². The van der Waals surface area contributed by atoms with E-state index >= 15 is 0 Å². The van der Waals surface area contributed by atoms with Crippen LogP contribution in [0.4, 0.5) is 11.7 Å². The van der Waals surface area contributed by atoms with Crippen molar-refractivity contribution in [2.45, 2.75) is 13.8 Å². The van der Waals surface area contributed by atoms with Crippen LogP contribution in [-0.2, 0) is 9.47 Å². The van der Waals surface area contributed by atoms with Crippen LogP contribution in [-0.4, -0.2) is 40.8 Å². The average molecular weight is 451 g/mol. The largest absolute Gasteiger partial charge is 0.465 e. The van der Waals surface area contributed by atoms with Crippen LogP contribution in [0.1, 0.15) is 33.5 Å². The molecule has 0 bridgehead atoms. The minimum Gasteiger partial charge on any atom is -0.465 e. The number of rotatable bonds is 6. The summed E-state index contributed by atoms with van der Waals surface area (Å²) in [7, 11) is 1.20. The summed E-state index contributed by atoms with van der Waals surface area (Å²) in [6.45, 7) is 3.47. The second-order valence-corrected chi connectivity index (χ2v) is 6.66. The molecule has 3 rings (SSSR count). The molecule has 1 aromatic carbocycles. The summed E-state index contributed by atoms with van der Waals surface area (Å²) >= 11 is 12.5. The van der Waals surface area contributed by atoms with Gasteiger partial charge in [0.2, 0.25) is 5.88 Å². The van der Waals surface area contributed by atoms with Gasteiger partial charge >= 0.3 is 11.9 Å². The lowest BCUT2D eigenvalue weighted by atomic mass is 10.1. The summed E-state index contributed by atoms with van der Waals surface area (Å²) in [6, 6.07) is 4.84. The van der Waals surface area contributed by atoms with E-state index < -0.39 is 11.9 Å². The number of ether oxygens (including phenoxy) is 2. The van der Waals surface area contributed by atoms with Gasteiger partial charge in [0.1, 0.15) is 17.1 Å². The summed E-state index contributed by atoms with van der Waals surface area (Å²) in [6.07, 6.45) is 1.31. The zero-order valence-corrected chi connectivity index (χ0v) is 17.7. The first-order valence-electron chi connectivity index (χ1n) is 8.67. The summed E-state index contributed by atoms with van der Waals surface area (Å²) in [5, 5.41) is 7.26. The van der Waals surface area contributed by atoms with Gasteiger partial charge in [-0.05, 0) is 26.0 Å². The fraction of sp³-hybridized carbons (Fsp3) is 0.211. The van der Waals surface area contributed by atoms with Gasteiger partial charge in [-0.25, -0.2) is 19.6 Å². The molecule has 0 radical (unpaired) electrons. The van der Waals surface area contributed by atoms with Crippen LogP contribution in [0.15, 0.2) is 28.9 Å². The van der Waals surface area contributed by atoms with Gasteiger partial charge < -0.3 is 19.3 Å². The van der Waals surface area contributed by atoms with E-state index in [4.69, 9.17) is 37.2 Å². The Kier molecular flexibility index (Phi) is 6.53. The third-order valence-corrected chi connectivity index (χ3v) is 4.55. The molecule has 0 saturated heterocycles. The molecule has 2 heterocycles. The van der Waals surface area contributed by atoms with Crippen molar-refractivity contribution in [3.63, 3.8) is 0 Å². The van der Waals surface area contributed by atoms with Gasteiger partial charge in [0.15, 0.2) is 11.4 Å². The number of hydrogen-bond donors (Lipinski definition) is 1. The van der Waals surface area contributed by atoms with Gasteiger partial charge in [-0.2, -0.15) is 0 Å². The SMILES string of the molecule is CCOC(=O)c1cnc(C)nc1Nc1onc(-c2c(Cl)cccc2Cl)c1C(=O)OC. The van der Waals surface area contributed by atoms with Crippen LogP contribution < -0.4 is 5.32 Å². The molecule has 2 aromatic heterocycles. The Labute approximate surface area is 181 Å². The Morgan fingerprint density at radius 2 is 1.90 bits per heavy atom. The minimum atomic E-state index is -0.756. The maximum absolute atomic E-state index is 12.5. The van der Waals surface area contributed by atoms with Gasteiger partial charge in [-0.1, -0.05) is 34.4 Å². The molecule has 0 unspecified atom stereocenters. The molecule has 1 N–H and O–H groups in total. The van der Waals surface area contributed by atoms with Gasteiger partial charge in [-0.15, -0.1) is 0 Å². The number of carbonyl (C=O) groups is 2. The molecule has 0 fully saturated rings. The van der Waals surface area contributed by atoms with Crippen molar-refractivity contribution in [2.75, 3.05) is 19.0 Å². The number of halogens is 2. The van der Waals surface area contributed by atoms with Crippen LogP contribution in [0.3, 0.4) is 0 Å². The van der Waals surface area contributed by atoms with Crippen LogP contribution >= 0.6 is 23.2 Å². The summed E-state index contributed by atoms with van der Waals surface area (Å²) in [4.78, 5) is 33.0. The van der Waals surface area contributed by atoms with Gasteiger partial charge in [0.05, 0.1) is 23.8 Å². The van der Waals surface area contributed by atoms with E-state index in [-0.39, 0.29) is 45.2 Å². The number of hydrogen-bond acceptors (Lipinski definition) is 9. The minimum absolute atomic E-state index is 0.0481. The van der Waals surface area contributed by atoms with Crippen molar-refractivity contribution < 1.29 is 23.6 Å². The first-order valence-corrected chi connectivity index (χ1v) is 9.43. The molecular weight excluding hydrogens is 435 g/mol. The average Bonchev–Trinajstić information content (AvgIpc) is 3.10. The summed E-state index contributed by atoms with van der Waals surface area (Å²) < 4.78 is 15.2. The highest BCUT2D eigenvalue weighted by atomic mass is 35.5. The standard InChI is InChI=1S/C19H16Cl2N4O5/c1-4-29-18(26)10-8-22-9(2)23-16(10)24-17-14(19(27)28-3)15(25-30-17)13-11(20)6-5-7-12(13)21/h5-8H,4H2,1-3H3,(H,22,23,24). The number of aryl methyl sites for hydroxylation is 1. The highest BCUT2D eigenvalue weighted by molar-refractivity contribution is 6.39. The zero-order chi connectivity index (χ0) is 21.8. The number of anilines is 2. The Bertz CT molecular complexity index is 1100. The van der Waals surface area contributed by atoms with Crippen LogP contribution in [0, 0.1) is 6.92 Å². The van der Waals surface area contributed by atoms with E-state index in [1.165, 1.54) is 13.3 Å². The lowest BCUT2D eigenvalue weighted by Gasteiger charge is -2.10. The van der Waals surface area contributed by atoms with Gasteiger partial charge in [0.25, 0.3) is 0 Å². The molecule has 0 amide bonds. The van der Waals surface area contributed by atoms with E-state index in [9.17, 15) is 9.59 Å². The number of esters is 2. The van der Waals surface area contributed by atoms with E-state index in [1.54, 1.807) is 32.0 Å². The molecule has 0 saturated carbocycles. The molecule has 11 heteroatoms. The van der Waals surface area contributed by atoms with E-state index in [2.05, 4.69) is 20.4 Å². The Balaban J connectivity index is 2.13. The summed E-state index contributed by atoms with van der Waals surface area (Å²) in [5.41, 5.74) is 0.344. The van der Waals surface area contributed by atoms with Crippen molar-refractivity contribution in [2.24, 2.45) is 0 Å². The van der Waals surface area contributed by atoms with Crippen LogP contribution in [0.5, 0.6) is 0 Å². The van der Waals surface area contributed by atoms with Gasteiger partial charge in [-0.3, -0.25) is 0 Å². The Morgan fingerprint density at radius 1 is 1.20 bits per heavy atom. The fourth-order valence-electron chi connectivity index (χ4n) is 2.59. The molecule has 0 atom stereocenters. The molecule has 156 valence electrons. The lowest BCUT2D eigenvalue weighted by molar-refractivity contribution is 0.0525. The number of nitrogens with zero attached hydrogens (tertiary/aromatic N) is 3. The van der Waals surface area contributed by atoms with Crippen LogP contribution in [0.2, 0.25) is 10.0 Å². The van der Waals surface area contributed by atoms with E-state index in [1.807, 2.05) is 0 Å². The molecule has 0 spiro atoms. The molecule has 0 aliphatic heterocycles. The van der Waals surface area contributed by atoms with Gasteiger partial charge in [0, 0.05) is 11.8 Å². The van der Waals surface area contributed by atoms with Crippen molar-refractivity contribution in [3.8, 4) is 11.3 Å². The molecular formula is C19H16Cl2N4O5. The predicted molar refractivity (Wildman–Crippen MR) is 109 cm³/mol. The second kappa shape index (κ2) is 9.10. The van der Waals surface area contributed by atoms with Crippen molar-refractivity contribution in [1.82, 2.24) is 15.1 Å². The number of carbonyl (C=O) groups excluding carboxylic acids is 2. The Morgan fingerprint density at radius 3 is 2.53 bits per heavy atom. The quantitative estimate of drug-likeness (QED) is 0.543. The fourth-order valence-corrected chi connectivity index (χ4v) is 3.17. The number of aromatic nitrogens is 3. The predicted octanol–water partition coefficient (Wildman–Crippen LogP) is 4.45. The monoisotopic (exact) mass is 450 g/mol. The first-order chi connectivity index (χ1) is 14.4. The lowest BCUT2D eigenvalue weighted by Crippen LogP contribution is -2.12. The highest BCUT2D eigenvalue weighted by Gasteiger charge is 2.29. The van der Waals surface area contributed by atoms with E-state index in [0.29, 0.717) is 11.4 Å². The molecule has 9 nitrogen and oxygen atoms in total. The topological polar surface area (TPSA) is 116 Å². The third kappa shape index (κ3) is 4.22.